The number of nitrogens with zero attached hydrogens (tertiary/aromatic N) is 2. The van der Waals surface area contributed by atoms with Gasteiger partial charge in [-0.1, -0.05) is 12.1 Å². The van der Waals surface area contributed by atoms with Gasteiger partial charge in [-0.25, -0.2) is 0 Å². The Bertz CT molecular complexity index is 809. The fourth-order valence-electron chi connectivity index (χ4n) is 3.77. The molecule has 0 radical (unpaired) electrons. The molecule has 2 heterocycles. The van der Waals surface area contributed by atoms with Crippen LogP contribution in [-0.2, 0) is 25.9 Å². The van der Waals surface area contributed by atoms with Crippen LogP contribution in [0.5, 0.6) is 5.75 Å². The summed E-state index contributed by atoms with van der Waals surface area (Å²) < 4.78 is 5.32. The largest absolute Gasteiger partial charge is 0.497 e. The molecule has 4 nitrogen and oxygen atoms in total. The highest BCUT2D eigenvalue weighted by atomic mass is 16.5. The van der Waals surface area contributed by atoms with Gasteiger partial charge in [0.25, 0.3) is 0 Å². The van der Waals surface area contributed by atoms with Gasteiger partial charge in [0.2, 0.25) is 0 Å². The smallest absolute Gasteiger partial charge is 0.119 e. The van der Waals surface area contributed by atoms with Gasteiger partial charge < -0.3 is 4.74 Å². The number of rotatable bonds is 2. The summed E-state index contributed by atoms with van der Waals surface area (Å²) in [6, 6.07) is 14.7. The number of methoxy groups -OCH3 is 1. The number of fused-ring (bicyclic) bond motifs is 2. The fourth-order valence-corrected chi connectivity index (χ4v) is 3.77. The summed E-state index contributed by atoms with van der Waals surface area (Å²) in [4.78, 5) is 2.50. The molecule has 0 bridgehead atoms. The van der Waals surface area contributed by atoms with E-state index in [1.807, 2.05) is 18.2 Å². The minimum atomic E-state index is 0.352. The maximum Gasteiger partial charge on any atom is 0.119 e. The molecule has 0 spiro atoms. The summed E-state index contributed by atoms with van der Waals surface area (Å²) >= 11 is 0. The molecule has 0 aliphatic carbocycles. The van der Waals surface area contributed by atoms with Crippen molar-refractivity contribution in [1.82, 2.24) is 10.2 Å². The van der Waals surface area contributed by atoms with Crippen LogP contribution in [0.25, 0.3) is 0 Å². The summed E-state index contributed by atoms with van der Waals surface area (Å²) in [5.74, 6) is 0.921. The summed E-state index contributed by atoms with van der Waals surface area (Å²) in [7, 11) is 1.71. The minimum Gasteiger partial charge on any atom is -0.497 e. The van der Waals surface area contributed by atoms with Gasteiger partial charge in [0, 0.05) is 26.1 Å². The highest BCUT2D eigenvalue weighted by Crippen LogP contribution is 2.27. The van der Waals surface area contributed by atoms with Crippen molar-refractivity contribution in [3.8, 4) is 11.8 Å². The molecule has 1 unspecified atom stereocenters. The zero-order valence-corrected chi connectivity index (χ0v) is 13.9. The lowest BCUT2D eigenvalue weighted by Gasteiger charge is -2.39. The van der Waals surface area contributed by atoms with E-state index in [1.165, 1.54) is 22.3 Å². The Kier molecular flexibility index (Phi) is 3.97. The Morgan fingerprint density at radius 3 is 2.83 bits per heavy atom. The molecule has 2 aromatic carbocycles. The van der Waals surface area contributed by atoms with Gasteiger partial charge in [-0.05, 0) is 52.9 Å². The molecule has 1 N–H and O–H groups in total. The Balaban J connectivity index is 1.52. The second kappa shape index (κ2) is 6.27. The van der Waals surface area contributed by atoms with Crippen LogP contribution in [0.15, 0.2) is 36.4 Å². The number of benzene rings is 2. The van der Waals surface area contributed by atoms with E-state index in [2.05, 4.69) is 34.5 Å². The number of nitriles is 1. The van der Waals surface area contributed by atoms with Crippen LogP contribution < -0.4 is 10.1 Å². The predicted octanol–water partition coefficient (Wildman–Crippen LogP) is 2.60. The zero-order chi connectivity index (χ0) is 16.5. The Morgan fingerprint density at radius 2 is 2.00 bits per heavy atom. The lowest BCUT2D eigenvalue weighted by atomic mass is 9.94. The molecule has 0 fully saturated rings. The molecule has 0 aromatic heterocycles. The molecule has 122 valence electrons. The third-order valence-electron chi connectivity index (χ3n) is 5.17. The van der Waals surface area contributed by atoms with Crippen molar-refractivity contribution in [2.75, 3.05) is 13.7 Å². The van der Waals surface area contributed by atoms with E-state index in [-0.39, 0.29) is 0 Å². The SMILES string of the molecule is COc1ccc2c(c1)CNC(N1CCc3ccc(C#N)cc3C1)C2. The van der Waals surface area contributed by atoms with Crippen molar-refractivity contribution in [3.05, 3.63) is 64.2 Å². The van der Waals surface area contributed by atoms with Crippen LogP contribution in [-0.4, -0.2) is 24.7 Å². The standard InChI is InChI=1S/C20H21N3O/c1-24-19-5-4-16-10-20(22-12-17(16)9-19)23-7-6-15-3-2-14(11-21)8-18(15)13-23/h2-5,8-9,20,22H,6-7,10,12-13H2,1H3. The molecule has 2 aliphatic rings. The topological polar surface area (TPSA) is 48.3 Å². The highest BCUT2D eigenvalue weighted by molar-refractivity contribution is 5.40. The van der Waals surface area contributed by atoms with Gasteiger partial charge >= 0.3 is 0 Å². The lowest BCUT2D eigenvalue weighted by molar-refractivity contribution is 0.140. The van der Waals surface area contributed by atoms with Crippen LogP contribution in [0.3, 0.4) is 0 Å². The molecule has 1 atom stereocenters. The zero-order valence-electron chi connectivity index (χ0n) is 13.9. The van der Waals surface area contributed by atoms with Gasteiger partial charge in [0.1, 0.15) is 5.75 Å². The summed E-state index contributed by atoms with van der Waals surface area (Å²) in [5, 5.41) is 12.8. The van der Waals surface area contributed by atoms with E-state index in [0.717, 1.165) is 43.8 Å². The van der Waals surface area contributed by atoms with Crippen molar-refractivity contribution < 1.29 is 4.74 Å². The average Bonchev–Trinajstić information content (AvgIpc) is 2.66. The third-order valence-corrected chi connectivity index (χ3v) is 5.17. The monoisotopic (exact) mass is 319 g/mol. The summed E-state index contributed by atoms with van der Waals surface area (Å²) in [6.07, 6.45) is 2.41. The van der Waals surface area contributed by atoms with Crippen molar-refractivity contribution >= 4 is 0 Å². The lowest BCUT2D eigenvalue weighted by Crippen LogP contribution is -2.50. The maximum absolute atomic E-state index is 9.12. The van der Waals surface area contributed by atoms with Crippen molar-refractivity contribution in [2.45, 2.75) is 32.1 Å². The summed E-state index contributed by atoms with van der Waals surface area (Å²) in [5.41, 5.74) is 6.16. The number of hydrogen-bond donors (Lipinski definition) is 1. The summed E-state index contributed by atoms with van der Waals surface area (Å²) in [6.45, 7) is 2.84. The minimum absolute atomic E-state index is 0.352. The highest BCUT2D eigenvalue weighted by Gasteiger charge is 2.27. The third kappa shape index (κ3) is 2.77. The van der Waals surface area contributed by atoms with Crippen LogP contribution in [0.2, 0.25) is 0 Å². The van der Waals surface area contributed by atoms with Gasteiger partial charge in [-0.3, -0.25) is 10.2 Å². The molecule has 0 saturated heterocycles. The van der Waals surface area contributed by atoms with Crippen molar-refractivity contribution in [2.24, 2.45) is 0 Å². The first-order valence-electron chi connectivity index (χ1n) is 8.42. The van der Waals surface area contributed by atoms with Gasteiger partial charge in [-0.15, -0.1) is 0 Å². The number of nitrogens with one attached hydrogen (secondary N) is 1. The molecule has 0 amide bonds. The van der Waals surface area contributed by atoms with Gasteiger partial charge in [0.05, 0.1) is 24.9 Å². The molecule has 2 aliphatic heterocycles. The second-order valence-electron chi connectivity index (χ2n) is 6.55. The number of hydrogen-bond acceptors (Lipinski definition) is 4. The van der Waals surface area contributed by atoms with E-state index < -0.39 is 0 Å². The van der Waals surface area contributed by atoms with Gasteiger partial charge in [0.15, 0.2) is 0 Å². The first-order valence-corrected chi connectivity index (χ1v) is 8.42. The molecular formula is C20H21N3O. The van der Waals surface area contributed by atoms with Crippen LogP contribution in [0, 0.1) is 11.3 Å². The Hall–Kier alpha value is -2.35. The van der Waals surface area contributed by atoms with Gasteiger partial charge in [-0.2, -0.15) is 5.26 Å². The van der Waals surface area contributed by atoms with E-state index in [1.54, 1.807) is 7.11 Å². The first-order chi connectivity index (χ1) is 11.8. The molecule has 4 rings (SSSR count). The fraction of sp³-hybridized carbons (Fsp3) is 0.350. The van der Waals surface area contributed by atoms with E-state index in [9.17, 15) is 0 Å². The predicted molar refractivity (Wildman–Crippen MR) is 92.6 cm³/mol. The Morgan fingerprint density at radius 1 is 1.12 bits per heavy atom. The van der Waals surface area contributed by atoms with Crippen LogP contribution >= 0.6 is 0 Å². The van der Waals surface area contributed by atoms with E-state index in [0.29, 0.717) is 6.17 Å². The second-order valence-corrected chi connectivity index (χ2v) is 6.55. The van der Waals surface area contributed by atoms with Crippen LogP contribution in [0.4, 0.5) is 0 Å². The first kappa shape index (κ1) is 15.2. The van der Waals surface area contributed by atoms with Crippen molar-refractivity contribution in [1.29, 1.82) is 5.26 Å². The molecule has 4 heteroatoms. The van der Waals surface area contributed by atoms with Crippen molar-refractivity contribution in [3.63, 3.8) is 0 Å². The average molecular weight is 319 g/mol. The Labute approximate surface area is 142 Å². The molecule has 2 aromatic rings. The molecule has 24 heavy (non-hydrogen) atoms. The molecular weight excluding hydrogens is 298 g/mol. The number of ether oxygens (including phenoxy) is 1. The molecule has 0 saturated carbocycles. The van der Waals surface area contributed by atoms with Crippen LogP contribution in [0.1, 0.15) is 27.8 Å². The van der Waals surface area contributed by atoms with E-state index >= 15 is 0 Å². The maximum atomic E-state index is 9.12. The quantitative estimate of drug-likeness (QED) is 0.924. The normalized spacial score (nSPS) is 19.9. The van der Waals surface area contributed by atoms with E-state index in [4.69, 9.17) is 10.00 Å².